The Labute approximate surface area is 106 Å². The zero-order valence-electron chi connectivity index (χ0n) is 9.78. The standard InChI is InChI=1S/C15H12N2O/c16-12-17(11-13-7-3-1-4-8-13)15(18)14-9-5-2-6-10-14/h1-10H,11H2. The highest BCUT2D eigenvalue weighted by atomic mass is 16.2. The highest BCUT2D eigenvalue weighted by molar-refractivity contribution is 5.95. The van der Waals surface area contributed by atoms with Gasteiger partial charge in [-0.2, -0.15) is 5.26 Å². The monoisotopic (exact) mass is 236 g/mol. The Kier molecular flexibility index (Phi) is 3.72. The van der Waals surface area contributed by atoms with Crippen molar-refractivity contribution >= 4 is 5.91 Å². The predicted octanol–water partition coefficient (Wildman–Crippen LogP) is 2.81. The lowest BCUT2D eigenvalue weighted by Gasteiger charge is -2.13. The summed E-state index contributed by atoms with van der Waals surface area (Å²) in [7, 11) is 0. The molecular formula is C15H12N2O. The fourth-order valence-electron chi connectivity index (χ4n) is 1.66. The van der Waals surface area contributed by atoms with Crippen molar-refractivity contribution in [2.45, 2.75) is 6.54 Å². The van der Waals surface area contributed by atoms with Gasteiger partial charge in [-0.25, -0.2) is 4.90 Å². The van der Waals surface area contributed by atoms with Crippen molar-refractivity contribution in [3.05, 3.63) is 71.8 Å². The van der Waals surface area contributed by atoms with Crippen LogP contribution in [0.1, 0.15) is 15.9 Å². The van der Waals surface area contributed by atoms with Crippen molar-refractivity contribution in [2.75, 3.05) is 0 Å². The first-order valence-electron chi connectivity index (χ1n) is 5.62. The SMILES string of the molecule is N#CN(Cc1ccccc1)C(=O)c1ccccc1. The summed E-state index contributed by atoms with van der Waals surface area (Å²) < 4.78 is 0. The Balaban J connectivity index is 2.16. The molecule has 2 aromatic rings. The second kappa shape index (κ2) is 5.65. The lowest BCUT2D eigenvalue weighted by molar-refractivity contribution is 0.0824. The highest BCUT2D eigenvalue weighted by Crippen LogP contribution is 2.08. The Morgan fingerprint density at radius 3 is 2.11 bits per heavy atom. The second-order valence-corrected chi connectivity index (χ2v) is 3.84. The third-order valence-corrected chi connectivity index (χ3v) is 2.57. The van der Waals surface area contributed by atoms with E-state index in [9.17, 15) is 4.79 Å². The molecule has 3 nitrogen and oxygen atoms in total. The maximum atomic E-state index is 12.1. The fourth-order valence-corrected chi connectivity index (χ4v) is 1.66. The van der Waals surface area contributed by atoms with Crippen LogP contribution in [0.2, 0.25) is 0 Å². The van der Waals surface area contributed by atoms with Gasteiger partial charge in [-0.05, 0) is 17.7 Å². The summed E-state index contributed by atoms with van der Waals surface area (Å²) in [5, 5.41) is 9.07. The number of rotatable bonds is 3. The lowest BCUT2D eigenvalue weighted by atomic mass is 10.1. The smallest absolute Gasteiger partial charge is 0.267 e. The van der Waals surface area contributed by atoms with Crippen LogP contribution < -0.4 is 0 Å². The van der Waals surface area contributed by atoms with Crippen LogP contribution >= 0.6 is 0 Å². The van der Waals surface area contributed by atoms with Gasteiger partial charge < -0.3 is 0 Å². The van der Waals surface area contributed by atoms with Gasteiger partial charge in [0.25, 0.3) is 5.91 Å². The van der Waals surface area contributed by atoms with Crippen LogP contribution in [0.25, 0.3) is 0 Å². The summed E-state index contributed by atoms with van der Waals surface area (Å²) in [5.41, 5.74) is 1.46. The Morgan fingerprint density at radius 2 is 1.56 bits per heavy atom. The van der Waals surface area contributed by atoms with Gasteiger partial charge >= 0.3 is 0 Å². The van der Waals surface area contributed by atoms with Crippen LogP contribution in [-0.4, -0.2) is 10.8 Å². The molecule has 1 amide bonds. The van der Waals surface area contributed by atoms with E-state index in [1.807, 2.05) is 42.6 Å². The van der Waals surface area contributed by atoms with Gasteiger partial charge in [-0.15, -0.1) is 0 Å². The normalized spacial score (nSPS) is 9.50. The van der Waals surface area contributed by atoms with Gasteiger partial charge in [0, 0.05) is 5.56 Å². The first-order chi connectivity index (χ1) is 8.81. The summed E-state index contributed by atoms with van der Waals surface area (Å²) in [4.78, 5) is 13.2. The molecule has 0 saturated heterocycles. The van der Waals surface area contributed by atoms with Crippen LogP contribution in [0.3, 0.4) is 0 Å². The van der Waals surface area contributed by atoms with Crippen LogP contribution in [0, 0.1) is 11.5 Å². The van der Waals surface area contributed by atoms with Crippen LogP contribution in [0.5, 0.6) is 0 Å². The maximum absolute atomic E-state index is 12.1. The molecule has 0 fully saturated rings. The van der Waals surface area contributed by atoms with Crippen LogP contribution in [0.15, 0.2) is 60.7 Å². The molecule has 0 unspecified atom stereocenters. The molecule has 88 valence electrons. The minimum atomic E-state index is -0.276. The van der Waals surface area contributed by atoms with Crippen molar-refractivity contribution in [1.82, 2.24) is 4.90 Å². The molecule has 0 spiro atoms. The third-order valence-electron chi connectivity index (χ3n) is 2.57. The first-order valence-corrected chi connectivity index (χ1v) is 5.62. The minimum absolute atomic E-state index is 0.276. The number of carbonyl (C=O) groups excluding carboxylic acids is 1. The van der Waals surface area contributed by atoms with Crippen LogP contribution in [-0.2, 0) is 6.54 Å². The quantitative estimate of drug-likeness (QED) is 0.607. The Hall–Kier alpha value is -2.60. The number of carbonyl (C=O) groups is 1. The second-order valence-electron chi connectivity index (χ2n) is 3.84. The summed E-state index contributed by atoms with van der Waals surface area (Å²) in [6, 6.07) is 18.3. The zero-order chi connectivity index (χ0) is 12.8. The molecule has 0 N–H and O–H groups in total. The number of amides is 1. The minimum Gasteiger partial charge on any atom is -0.268 e. The zero-order valence-corrected chi connectivity index (χ0v) is 9.78. The van der Waals surface area contributed by atoms with E-state index in [1.165, 1.54) is 0 Å². The van der Waals surface area contributed by atoms with E-state index >= 15 is 0 Å². The molecule has 0 aliphatic heterocycles. The topological polar surface area (TPSA) is 44.1 Å². The van der Waals surface area contributed by atoms with Gasteiger partial charge in [-0.3, -0.25) is 4.79 Å². The summed E-state index contributed by atoms with van der Waals surface area (Å²) in [6.45, 7) is 0.297. The molecule has 3 heteroatoms. The van der Waals surface area contributed by atoms with Crippen molar-refractivity contribution in [1.29, 1.82) is 5.26 Å². The van der Waals surface area contributed by atoms with Gasteiger partial charge in [0.2, 0.25) is 0 Å². The molecule has 18 heavy (non-hydrogen) atoms. The number of hydrogen-bond acceptors (Lipinski definition) is 2. The van der Waals surface area contributed by atoms with E-state index in [1.54, 1.807) is 24.3 Å². The van der Waals surface area contributed by atoms with E-state index in [4.69, 9.17) is 5.26 Å². The van der Waals surface area contributed by atoms with E-state index in [0.29, 0.717) is 12.1 Å². The van der Waals surface area contributed by atoms with Crippen molar-refractivity contribution in [2.24, 2.45) is 0 Å². The third kappa shape index (κ3) is 2.74. The first kappa shape index (κ1) is 11.9. The molecule has 0 aliphatic rings. The maximum Gasteiger partial charge on any atom is 0.267 e. The summed E-state index contributed by atoms with van der Waals surface area (Å²) >= 11 is 0. The summed E-state index contributed by atoms with van der Waals surface area (Å²) in [6.07, 6.45) is 1.93. The van der Waals surface area contributed by atoms with E-state index in [2.05, 4.69) is 0 Å². The molecule has 0 bridgehead atoms. The van der Waals surface area contributed by atoms with E-state index in [-0.39, 0.29) is 5.91 Å². The van der Waals surface area contributed by atoms with E-state index in [0.717, 1.165) is 10.5 Å². The number of nitriles is 1. The van der Waals surface area contributed by atoms with Crippen molar-refractivity contribution in [3.8, 4) is 6.19 Å². The molecule has 0 aliphatic carbocycles. The van der Waals surface area contributed by atoms with Gasteiger partial charge in [0.05, 0.1) is 6.54 Å². The molecule has 0 aromatic heterocycles. The average molecular weight is 236 g/mol. The number of hydrogen-bond donors (Lipinski definition) is 0. The van der Waals surface area contributed by atoms with Crippen LogP contribution in [0.4, 0.5) is 0 Å². The number of nitrogens with zero attached hydrogens (tertiary/aromatic N) is 2. The van der Waals surface area contributed by atoms with Crippen molar-refractivity contribution < 1.29 is 4.79 Å². The average Bonchev–Trinajstić information content (AvgIpc) is 2.46. The van der Waals surface area contributed by atoms with Gasteiger partial charge in [0.15, 0.2) is 6.19 Å². The molecule has 0 atom stereocenters. The molecule has 0 heterocycles. The molecular weight excluding hydrogens is 224 g/mol. The highest BCUT2D eigenvalue weighted by Gasteiger charge is 2.14. The molecule has 2 rings (SSSR count). The van der Waals surface area contributed by atoms with Gasteiger partial charge in [0.1, 0.15) is 0 Å². The summed E-state index contributed by atoms with van der Waals surface area (Å²) in [5.74, 6) is -0.276. The Morgan fingerprint density at radius 1 is 1.00 bits per heavy atom. The Bertz CT molecular complexity index is 558. The fraction of sp³-hybridized carbons (Fsp3) is 0.0667. The van der Waals surface area contributed by atoms with Crippen molar-refractivity contribution in [3.63, 3.8) is 0 Å². The lowest BCUT2D eigenvalue weighted by Crippen LogP contribution is -2.25. The predicted molar refractivity (Wildman–Crippen MR) is 68.4 cm³/mol. The van der Waals surface area contributed by atoms with Gasteiger partial charge in [-0.1, -0.05) is 48.5 Å². The van der Waals surface area contributed by atoms with E-state index < -0.39 is 0 Å². The molecule has 0 radical (unpaired) electrons. The largest absolute Gasteiger partial charge is 0.268 e. The molecule has 0 saturated carbocycles. The number of benzene rings is 2. The molecule has 2 aromatic carbocycles.